The molecule has 0 radical (unpaired) electrons. The van der Waals surface area contributed by atoms with Crippen molar-refractivity contribution in [1.82, 2.24) is 0 Å². The molecule has 0 bridgehead atoms. The van der Waals surface area contributed by atoms with Gasteiger partial charge in [-0.15, -0.1) is 0 Å². The molecule has 0 unspecified atom stereocenters. The van der Waals surface area contributed by atoms with Crippen LogP contribution >= 0.6 is 0 Å². The monoisotopic (exact) mass is 462 g/mol. The van der Waals surface area contributed by atoms with E-state index in [1.54, 1.807) is 6.07 Å². The molecule has 2 heterocycles. The van der Waals surface area contributed by atoms with Crippen LogP contribution in [0, 0.1) is 0 Å². The van der Waals surface area contributed by atoms with Crippen molar-refractivity contribution in [2.24, 2.45) is 0 Å². The molecule has 2 aromatic rings. The summed E-state index contributed by atoms with van der Waals surface area (Å²) in [6.45, 7) is 1.84. The Kier molecular flexibility index (Phi) is 7.46. The van der Waals surface area contributed by atoms with Gasteiger partial charge in [0.1, 0.15) is 22.8 Å². The lowest BCUT2D eigenvalue weighted by Gasteiger charge is -2.29. The average molecular weight is 463 g/mol. The molecule has 6 nitrogen and oxygen atoms in total. The topological polar surface area (TPSA) is 78.9 Å². The fraction of sp³-hybridized carbons (Fsp3) is 0.393. The summed E-state index contributed by atoms with van der Waals surface area (Å²) in [4.78, 5) is 37.9. The molecule has 2 atom stereocenters. The van der Waals surface area contributed by atoms with E-state index in [9.17, 15) is 14.4 Å². The van der Waals surface area contributed by atoms with E-state index in [2.05, 4.69) is 0 Å². The molecule has 0 saturated heterocycles. The van der Waals surface area contributed by atoms with Gasteiger partial charge in [0.05, 0.1) is 19.6 Å². The van der Waals surface area contributed by atoms with Crippen LogP contribution in [0.3, 0.4) is 0 Å². The van der Waals surface area contributed by atoms with Gasteiger partial charge in [-0.3, -0.25) is 9.59 Å². The first-order valence-electron chi connectivity index (χ1n) is 11.9. The number of fused-ring (bicyclic) bond motifs is 2. The van der Waals surface area contributed by atoms with Gasteiger partial charge in [-0.2, -0.15) is 0 Å². The third-order valence-corrected chi connectivity index (χ3v) is 6.36. The number of carbonyl (C=O) groups excluding carboxylic acids is 3. The van der Waals surface area contributed by atoms with Crippen molar-refractivity contribution in [2.45, 2.75) is 63.9 Å². The van der Waals surface area contributed by atoms with Crippen LogP contribution in [0.1, 0.15) is 84.8 Å². The van der Waals surface area contributed by atoms with Gasteiger partial charge in [-0.25, -0.2) is 4.79 Å². The van der Waals surface area contributed by atoms with Gasteiger partial charge in [-0.1, -0.05) is 42.5 Å². The summed E-state index contributed by atoms with van der Waals surface area (Å²) in [6.07, 6.45) is 7.34. The number of cyclic esters (lactones) is 1. The van der Waals surface area contributed by atoms with Crippen molar-refractivity contribution in [3.63, 3.8) is 0 Å². The van der Waals surface area contributed by atoms with Crippen molar-refractivity contribution >= 4 is 23.8 Å². The Morgan fingerprint density at radius 2 is 1.79 bits per heavy atom. The van der Waals surface area contributed by atoms with Crippen LogP contribution in [0.25, 0.3) is 6.08 Å². The predicted molar refractivity (Wildman–Crippen MR) is 128 cm³/mol. The van der Waals surface area contributed by atoms with Crippen LogP contribution in [0.2, 0.25) is 0 Å². The largest absolute Gasteiger partial charge is 0.495 e. The van der Waals surface area contributed by atoms with Gasteiger partial charge in [0.2, 0.25) is 0 Å². The molecule has 2 aliphatic heterocycles. The van der Waals surface area contributed by atoms with E-state index >= 15 is 0 Å². The molecule has 0 aromatic heterocycles. The summed E-state index contributed by atoms with van der Waals surface area (Å²) in [5.41, 5.74) is 2.52. The molecule has 0 fully saturated rings. The molecular formula is C28H30O6. The van der Waals surface area contributed by atoms with Crippen LogP contribution < -0.4 is 9.47 Å². The van der Waals surface area contributed by atoms with Gasteiger partial charge in [0.25, 0.3) is 0 Å². The molecule has 0 spiro atoms. The zero-order valence-corrected chi connectivity index (χ0v) is 19.7. The fourth-order valence-electron chi connectivity index (χ4n) is 4.68. The van der Waals surface area contributed by atoms with Gasteiger partial charge in [-0.05, 0) is 49.8 Å². The summed E-state index contributed by atoms with van der Waals surface area (Å²) in [7, 11) is 1.52. The molecule has 0 saturated carbocycles. The number of allylic oxidation sites excluding steroid dienone is 1. The first-order valence-corrected chi connectivity index (χ1v) is 11.9. The Labute approximate surface area is 199 Å². The highest BCUT2D eigenvalue weighted by Gasteiger charge is 2.36. The Bertz CT molecular complexity index is 1100. The maximum atomic E-state index is 13.4. The molecule has 4 rings (SSSR count). The first-order chi connectivity index (χ1) is 16.5. The Morgan fingerprint density at radius 1 is 1.03 bits per heavy atom. The molecule has 6 heteroatoms. The van der Waals surface area contributed by atoms with Crippen molar-refractivity contribution in [3.8, 4) is 11.5 Å². The minimum absolute atomic E-state index is 0.154. The fourth-order valence-corrected chi connectivity index (χ4v) is 4.68. The molecule has 2 aromatic carbocycles. The summed E-state index contributed by atoms with van der Waals surface area (Å²) in [5.74, 6) is -0.118. The van der Waals surface area contributed by atoms with E-state index in [1.165, 1.54) is 7.11 Å². The van der Waals surface area contributed by atoms with E-state index in [1.807, 2.05) is 49.4 Å². The minimum atomic E-state index is -0.487. The van der Waals surface area contributed by atoms with E-state index in [4.69, 9.17) is 14.2 Å². The quantitative estimate of drug-likeness (QED) is 0.426. The smallest absolute Gasteiger partial charge is 0.342 e. The predicted octanol–water partition coefficient (Wildman–Crippen LogP) is 5.62. The van der Waals surface area contributed by atoms with Crippen molar-refractivity contribution in [3.05, 3.63) is 64.7 Å². The number of benzene rings is 2. The van der Waals surface area contributed by atoms with Crippen LogP contribution in [-0.4, -0.2) is 30.9 Å². The van der Waals surface area contributed by atoms with E-state index in [0.29, 0.717) is 60.3 Å². The average Bonchev–Trinajstić information content (AvgIpc) is 2.82. The molecular weight excluding hydrogens is 432 g/mol. The molecule has 0 N–H and O–H groups in total. The Morgan fingerprint density at radius 3 is 2.56 bits per heavy atom. The van der Waals surface area contributed by atoms with E-state index in [-0.39, 0.29) is 30.2 Å². The summed E-state index contributed by atoms with van der Waals surface area (Å²) < 4.78 is 17.2. The standard InChI is InChI=1S/C28H30O6/c1-18-10-9-15-21(29)14-8-4-7-13-20-16-23-26(27(32-2)25(20)28(31)33-18)22(17-24(30)34-23)19-11-5-3-6-12-19/h3,5-7,11-13,16,18,22H,4,8-10,14-15,17H2,1-2H3/b13-7+/t18-,22-/m0/s1. The number of ether oxygens (including phenoxy) is 3. The number of hydrogen-bond acceptors (Lipinski definition) is 6. The zero-order valence-electron chi connectivity index (χ0n) is 19.7. The van der Waals surface area contributed by atoms with Crippen LogP contribution in [0.5, 0.6) is 11.5 Å². The van der Waals surface area contributed by atoms with Gasteiger partial charge in [0, 0.05) is 24.3 Å². The SMILES string of the molecule is COc1c2c(cc3c1[C@H](c1ccccc1)CC(=O)O3)/C=C/CCCC(=O)CCC[C@H](C)OC2=O. The molecule has 34 heavy (non-hydrogen) atoms. The van der Waals surface area contributed by atoms with E-state index < -0.39 is 5.97 Å². The number of hydrogen-bond donors (Lipinski definition) is 0. The highest BCUT2D eigenvalue weighted by Crippen LogP contribution is 2.47. The van der Waals surface area contributed by atoms with Crippen molar-refractivity contribution < 1.29 is 28.6 Å². The molecule has 0 aliphatic carbocycles. The lowest BCUT2D eigenvalue weighted by Crippen LogP contribution is -2.24. The number of methoxy groups -OCH3 is 1. The van der Waals surface area contributed by atoms with E-state index in [0.717, 1.165) is 12.0 Å². The number of rotatable bonds is 2. The van der Waals surface area contributed by atoms with Crippen LogP contribution in [0.4, 0.5) is 0 Å². The van der Waals surface area contributed by atoms with Crippen molar-refractivity contribution in [1.29, 1.82) is 0 Å². The Balaban J connectivity index is 1.85. The maximum absolute atomic E-state index is 13.4. The lowest BCUT2D eigenvalue weighted by atomic mass is 9.83. The first kappa shape index (κ1) is 23.7. The van der Waals surface area contributed by atoms with Crippen molar-refractivity contribution in [2.75, 3.05) is 7.11 Å². The third kappa shape index (κ3) is 5.22. The third-order valence-electron chi connectivity index (χ3n) is 6.36. The molecule has 0 amide bonds. The minimum Gasteiger partial charge on any atom is -0.495 e. The van der Waals surface area contributed by atoms with Gasteiger partial charge in [0.15, 0.2) is 0 Å². The summed E-state index contributed by atoms with van der Waals surface area (Å²) >= 11 is 0. The second-order valence-corrected chi connectivity index (χ2v) is 8.87. The second-order valence-electron chi connectivity index (χ2n) is 8.87. The zero-order chi connectivity index (χ0) is 24.1. The van der Waals surface area contributed by atoms with Gasteiger partial charge >= 0.3 is 11.9 Å². The summed E-state index contributed by atoms with van der Waals surface area (Å²) in [6, 6.07) is 11.4. The number of Topliss-reactive ketones (excluding diaryl/α,β-unsaturated/α-hetero) is 1. The Hall–Kier alpha value is -3.41. The number of ketones is 1. The van der Waals surface area contributed by atoms with Crippen LogP contribution in [0.15, 0.2) is 42.5 Å². The summed E-state index contributed by atoms with van der Waals surface area (Å²) in [5, 5.41) is 0. The van der Waals surface area contributed by atoms with Gasteiger partial charge < -0.3 is 14.2 Å². The van der Waals surface area contributed by atoms with Crippen LogP contribution in [-0.2, 0) is 14.3 Å². The molecule has 178 valence electrons. The highest BCUT2D eigenvalue weighted by atomic mass is 16.5. The highest BCUT2D eigenvalue weighted by molar-refractivity contribution is 5.99. The molecule has 2 aliphatic rings. The number of carbonyl (C=O) groups is 3. The maximum Gasteiger partial charge on any atom is 0.342 e. The second kappa shape index (κ2) is 10.7. The normalized spacial score (nSPS) is 22.5. The number of esters is 2. The lowest BCUT2D eigenvalue weighted by molar-refractivity contribution is -0.135.